The molecule has 1 aliphatic rings. The second-order valence-electron chi connectivity index (χ2n) is 6.25. The summed E-state index contributed by atoms with van der Waals surface area (Å²) in [5.74, 6) is 0.166. The first-order valence-corrected chi connectivity index (χ1v) is 6.82. The molecule has 1 unspecified atom stereocenters. The number of nitrogens with zero attached hydrogens (tertiary/aromatic N) is 2. The summed E-state index contributed by atoms with van der Waals surface area (Å²) in [6.45, 7) is 6.67. The van der Waals surface area contributed by atoms with E-state index in [1.807, 2.05) is 13.8 Å². The number of rotatable bonds is 1. The van der Waals surface area contributed by atoms with Crippen molar-refractivity contribution in [2.75, 3.05) is 13.1 Å². The number of aryl methyl sites for hydroxylation is 1. The van der Waals surface area contributed by atoms with Crippen LogP contribution in [0.15, 0.2) is 11.0 Å². The molecule has 0 saturated carbocycles. The molecule has 6 heteroatoms. The first-order chi connectivity index (χ1) is 9.28. The maximum absolute atomic E-state index is 12.5. The zero-order valence-electron chi connectivity index (χ0n) is 12.1. The van der Waals surface area contributed by atoms with Gasteiger partial charge in [0, 0.05) is 19.3 Å². The summed E-state index contributed by atoms with van der Waals surface area (Å²) < 4.78 is 0. The molecule has 2 N–H and O–H groups in total. The number of aliphatic hydroxyl groups is 1. The van der Waals surface area contributed by atoms with E-state index < -0.39 is 11.7 Å². The lowest BCUT2D eigenvalue weighted by Crippen LogP contribution is -2.40. The van der Waals surface area contributed by atoms with Gasteiger partial charge in [-0.25, -0.2) is 4.98 Å². The van der Waals surface area contributed by atoms with Crippen LogP contribution in [0.25, 0.3) is 0 Å². The van der Waals surface area contributed by atoms with E-state index in [1.54, 1.807) is 11.8 Å². The number of carbonyl (C=O) groups is 1. The van der Waals surface area contributed by atoms with Crippen molar-refractivity contribution in [1.82, 2.24) is 14.9 Å². The highest BCUT2D eigenvalue weighted by molar-refractivity contribution is 5.93. The minimum Gasteiger partial charge on any atom is -0.393 e. The number of aromatic amines is 1. The van der Waals surface area contributed by atoms with E-state index in [9.17, 15) is 14.7 Å². The molecule has 1 aliphatic heterocycles. The van der Waals surface area contributed by atoms with Crippen LogP contribution in [0.5, 0.6) is 0 Å². The van der Waals surface area contributed by atoms with E-state index in [2.05, 4.69) is 9.97 Å². The van der Waals surface area contributed by atoms with E-state index in [0.717, 1.165) is 0 Å². The summed E-state index contributed by atoms with van der Waals surface area (Å²) in [5.41, 5.74) is -0.524. The standard InChI is InChI=1S/C14H21N3O3/c1-9-15-7-11(12(19)16-9)13(20)17-5-4-10(18)6-14(2,3)8-17/h7,10,18H,4-6,8H2,1-3H3,(H,15,16,19). The lowest BCUT2D eigenvalue weighted by molar-refractivity contribution is 0.0702. The molecule has 0 bridgehead atoms. The molecule has 2 heterocycles. The second kappa shape index (κ2) is 5.36. The molecule has 0 radical (unpaired) electrons. The zero-order valence-corrected chi connectivity index (χ0v) is 12.1. The Balaban J connectivity index is 2.26. The van der Waals surface area contributed by atoms with Gasteiger partial charge in [0.05, 0.1) is 6.10 Å². The van der Waals surface area contributed by atoms with E-state index in [4.69, 9.17) is 0 Å². The number of nitrogens with one attached hydrogen (secondary N) is 1. The highest BCUT2D eigenvalue weighted by atomic mass is 16.3. The Morgan fingerprint density at radius 1 is 1.55 bits per heavy atom. The Labute approximate surface area is 117 Å². The smallest absolute Gasteiger partial charge is 0.263 e. The van der Waals surface area contributed by atoms with Gasteiger partial charge in [-0.15, -0.1) is 0 Å². The Hall–Kier alpha value is -1.69. The van der Waals surface area contributed by atoms with Crippen molar-refractivity contribution in [2.24, 2.45) is 5.41 Å². The third kappa shape index (κ3) is 3.25. The maximum Gasteiger partial charge on any atom is 0.263 e. The fraction of sp³-hybridized carbons (Fsp3) is 0.643. The van der Waals surface area contributed by atoms with E-state index >= 15 is 0 Å². The number of hydrogen-bond donors (Lipinski definition) is 2. The van der Waals surface area contributed by atoms with Crippen LogP contribution in [0, 0.1) is 12.3 Å². The molecule has 1 saturated heterocycles. The van der Waals surface area contributed by atoms with Gasteiger partial charge in [0.15, 0.2) is 0 Å². The molecule has 1 atom stereocenters. The summed E-state index contributed by atoms with van der Waals surface area (Å²) in [6.07, 6.45) is 2.11. The number of likely N-dealkylation sites (tertiary alicyclic amines) is 1. The first kappa shape index (κ1) is 14.7. The largest absolute Gasteiger partial charge is 0.393 e. The van der Waals surface area contributed by atoms with Crippen molar-refractivity contribution in [2.45, 2.75) is 39.7 Å². The van der Waals surface area contributed by atoms with Crippen molar-refractivity contribution in [1.29, 1.82) is 0 Å². The predicted molar refractivity (Wildman–Crippen MR) is 74.5 cm³/mol. The number of H-pyrrole nitrogens is 1. The van der Waals surface area contributed by atoms with E-state index in [-0.39, 0.29) is 16.9 Å². The van der Waals surface area contributed by atoms with Gasteiger partial charge in [0.1, 0.15) is 11.4 Å². The van der Waals surface area contributed by atoms with E-state index in [0.29, 0.717) is 31.8 Å². The SMILES string of the molecule is Cc1ncc(C(=O)N2CCC(O)CC(C)(C)C2)c(=O)[nH]1. The lowest BCUT2D eigenvalue weighted by Gasteiger charge is -2.29. The Kier molecular flexibility index (Phi) is 3.94. The molecule has 20 heavy (non-hydrogen) atoms. The number of carbonyl (C=O) groups excluding carboxylic acids is 1. The van der Waals surface area contributed by atoms with Crippen LogP contribution in [0.4, 0.5) is 0 Å². The molecule has 0 aliphatic carbocycles. The van der Waals surface area contributed by atoms with Crippen LogP contribution in [0.1, 0.15) is 42.9 Å². The molecular formula is C14H21N3O3. The summed E-state index contributed by atoms with van der Waals surface area (Å²) in [5, 5.41) is 9.87. The predicted octanol–water partition coefficient (Wildman–Crippen LogP) is 0.701. The second-order valence-corrected chi connectivity index (χ2v) is 6.25. The van der Waals surface area contributed by atoms with Gasteiger partial charge in [-0.05, 0) is 25.2 Å². The molecule has 1 amide bonds. The lowest BCUT2D eigenvalue weighted by atomic mass is 9.87. The highest BCUT2D eigenvalue weighted by Gasteiger charge is 2.32. The molecule has 1 aromatic rings. The summed E-state index contributed by atoms with van der Waals surface area (Å²) in [4.78, 5) is 32.5. The van der Waals surface area contributed by atoms with Crippen LogP contribution in [0.2, 0.25) is 0 Å². The molecule has 6 nitrogen and oxygen atoms in total. The molecule has 110 valence electrons. The topological polar surface area (TPSA) is 86.3 Å². The van der Waals surface area contributed by atoms with Crippen LogP contribution < -0.4 is 5.56 Å². The van der Waals surface area contributed by atoms with Crippen molar-refractivity contribution < 1.29 is 9.90 Å². The number of hydrogen-bond acceptors (Lipinski definition) is 4. The van der Waals surface area contributed by atoms with Crippen molar-refractivity contribution in [3.63, 3.8) is 0 Å². The van der Waals surface area contributed by atoms with Gasteiger partial charge < -0.3 is 15.0 Å². The third-order valence-corrected chi connectivity index (χ3v) is 3.58. The normalized spacial score (nSPS) is 22.4. The minimum absolute atomic E-state index is 0.0581. The highest BCUT2D eigenvalue weighted by Crippen LogP contribution is 2.28. The molecule has 1 fully saturated rings. The first-order valence-electron chi connectivity index (χ1n) is 6.82. The van der Waals surface area contributed by atoms with Crippen molar-refractivity contribution >= 4 is 5.91 Å². The Morgan fingerprint density at radius 2 is 2.25 bits per heavy atom. The van der Waals surface area contributed by atoms with E-state index in [1.165, 1.54) is 6.20 Å². The maximum atomic E-state index is 12.5. The van der Waals surface area contributed by atoms with Gasteiger partial charge in [0.2, 0.25) is 0 Å². The molecule has 0 aromatic carbocycles. The molecular weight excluding hydrogens is 258 g/mol. The van der Waals surface area contributed by atoms with Gasteiger partial charge in [-0.1, -0.05) is 13.8 Å². The molecule has 1 aromatic heterocycles. The summed E-state index contributed by atoms with van der Waals surface area (Å²) in [6, 6.07) is 0. The van der Waals surface area contributed by atoms with Crippen LogP contribution >= 0.6 is 0 Å². The van der Waals surface area contributed by atoms with Crippen LogP contribution in [-0.2, 0) is 0 Å². The monoisotopic (exact) mass is 279 g/mol. The average molecular weight is 279 g/mol. The third-order valence-electron chi connectivity index (χ3n) is 3.58. The van der Waals surface area contributed by atoms with Gasteiger partial charge >= 0.3 is 0 Å². The minimum atomic E-state index is -0.412. The van der Waals surface area contributed by atoms with Crippen LogP contribution in [-0.4, -0.2) is 45.1 Å². The fourth-order valence-corrected chi connectivity index (χ4v) is 2.69. The van der Waals surface area contributed by atoms with Gasteiger partial charge in [0.25, 0.3) is 11.5 Å². The molecule has 0 spiro atoms. The fourth-order valence-electron chi connectivity index (χ4n) is 2.69. The Morgan fingerprint density at radius 3 is 2.90 bits per heavy atom. The zero-order chi connectivity index (χ0) is 14.9. The number of aliphatic hydroxyl groups excluding tert-OH is 1. The average Bonchev–Trinajstić information content (AvgIpc) is 2.46. The van der Waals surface area contributed by atoms with Crippen LogP contribution in [0.3, 0.4) is 0 Å². The number of amides is 1. The quantitative estimate of drug-likeness (QED) is 0.792. The van der Waals surface area contributed by atoms with Gasteiger partial charge in [-0.2, -0.15) is 0 Å². The summed E-state index contributed by atoms with van der Waals surface area (Å²) in [7, 11) is 0. The van der Waals surface area contributed by atoms with Crippen molar-refractivity contribution in [3.8, 4) is 0 Å². The summed E-state index contributed by atoms with van der Waals surface area (Å²) >= 11 is 0. The Bertz CT molecular complexity index is 565. The number of aromatic nitrogens is 2. The molecule has 2 rings (SSSR count). The van der Waals surface area contributed by atoms with Gasteiger partial charge in [-0.3, -0.25) is 9.59 Å². The van der Waals surface area contributed by atoms with Crippen molar-refractivity contribution in [3.05, 3.63) is 27.9 Å².